The molecule has 2 aromatic rings. The van der Waals surface area contributed by atoms with Crippen LogP contribution in [0.15, 0.2) is 48.5 Å². The average Bonchev–Trinajstić information content (AvgIpc) is 2.37. The first kappa shape index (κ1) is 14.4. The van der Waals surface area contributed by atoms with E-state index in [1.165, 1.54) is 11.1 Å². The number of rotatable bonds is 5. The SMILES string of the molecule is Cc1ccccc1CNc1ccccc1NS(C)(=O)=O. The van der Waals surface area contributed by atoms with Crippen LogP contribution in [0.2, 0.25) is 0 Å². The second-order valence-corrected chi connectivity index (χ2v) is 6.45. The van der Waals surface area contributed by atoms with Crippen molar-refractivity contribution in [3.05, 3.63) is 59.7 Å². The Hall–Kier alpha value is -2.01. The Labute approximate surface area is 119 Å². The van der Waals surface area contributed by atoms with Crippen LogP contribution in [0.4, 0.5) is 11.4 Å². The smallest absolute Gasteiger partial charge is 0.229 e. The molecule has 0 heterocycles. The van der Waals surface area contributed by atoms with E-state index in [1.54, 1.807) is 12.1 Å². The predicted molar refractivity (Wildman–Crippen MR) is 83.4 cm³/mol. The van der Waals surface area contributed by atoms with Crippen LogP contribution in [-0.4, -0.2) is 14.7 Å². The molecule has 0 fully saturated rings. The maximum Gasteiger partial charge on any atom is 0.229 e. The first-order valence-corrected chi connectivity index (χ1v) is 8.20. The Balaban J connectivity index is 2.16. The van der Waals surface area contributed by atoms with Gasteiger partial charge in [0.1, 0.15) is 0 Å². The lowest BCUT2D eigenvalue weighted by molar-refractivity contribution is 0.607. The summed E-state index contributed by atoms with van der Waals surface area (Å²) in [5.41, 5.74) is 3.71. The van der Waals surface area contributed by atoms with Gasteiger partial charge in [0.15, 0.2) is 0 Å². The van der Waals surface area contributed by atoms with E-state index in [2.05, 4.69) is 29.1 Å². The highest BCUT2D eigenvalue weighted by Gasteiger charge is 2.06. The first-order valence-electron chi connectivity index (χ1n) is 6.31. The molecule has 5 heteroatoms. The van der Waals surface area contributed by atoms with E-state index >= 15 is 0 Å². The van der Waals surface area contributed by atoms with Crippen molar-refractivity contribution in [1.82, 2.24) is 0 Å². The minimum atomic E-state index is -3.28. The van der Waals surface area contributed by atoms with E-state index in [0.717, 1.165) is 11.9 Å². The Morgan fingerprint density at radius 2 is 1.55 bits per heavy atom. The van der Waals surface area contributed by atoms with Crippen LogP contribution >= 0.6 is 0 Å². The molecular formula is C15H18N2O2S. The number of para-hydroxylation sites is 2. The largest absolute Gasteiger partial charge is 0.379 e. The zero-order valence-corrected chi connectivity index (χ0v) is 12.4. The van der Waals surface area contributed by atoms with E-state index < -0.39 is 10.0 Å². The van der Waals surface area contributed by atoms with Gasteiger partial charge in [0.25, 0.3) is 0 Å². The summed E-state index contributed by atoms with van der Waals surface area (Å²) in [5.74, 6) is 0. The number of sulfonamides is 1. The minimum Gasteiger partial charge on any atom is -0.379 e. The summed E-state index contributed by atoms with van der Waals surface area (Å²) in [4.78, 5) is 0. The fourth-order valence-electron chi connectivity index (χ4n) is 1.92. The molecule has 0 saturated carbocycles. The molecule has 0 aliphatic rings. The quantitative estimate of drug-likeness (QED) is 0.890. The molecule has 0 unspecified atom stereocenters. The lowest BCUT2D eigenvalue weighted by Gasteiger charge is -2.13. The molecule has 0 radical (unpaired) electrons. The zero-order chi connectivity index (χ0) is 14.6. The van der Waals surface area contributed by atoms with Crippen LogP contribution in [0.25, 0.3) is 0 Å². The third-order valence-corrected chi connectivity index (χ3v) is 3.54. The van der Waals surface area contributed by atoms with E-state index in [0.29, 0.717) is 12.2 Å². The molecule has 2 N–H and O–H groups in total. The third-order valence-electron chi connectivity index (χ3n) is 2.95. The van der Waals surface area contributed by atoms with Crippen molar-refractivity contribution in [2.24, 2.45) is 0 Å². The van der Waals surface area contributed by atoms with E-state index in [-0.39, 0.29) is 0 Å². The molecule has 0 bridgehead atoms. The van der Waals surface area contributed by atoms with Crippen LogP contribution in [-0.2, 0) is 16.6 Å². The second kappa shape index (κ2) is 5.96. The van der Waals surface area contributed by atoms with Crippen molar-refractivity contribution in [1.29, 1.82) is 0 Å². The summed E-state index contributed by atoms with van der Waals surface area (Å²) < 4.78 is 25.2. The van der Waals surface area contributed by atoms with Crippen molar-refractivity contribution in [3.63, 3.8) is 0 Å². The summed E-state index contributed by atoms with van der Waals surface area (Å²) in [6, 6.07) is 15.3. The Morgan fingerprint density at radius 3 is 2.20 bits per heavy atom. The number of benzene rings is 2. The van der Waals surface area contributed by atoms with Crippen molar-refractivity contribution < 1.29 is 8.42 Å². The fraction of sp³-hybridized carbons (Fsp3) is 0.200. The molecule has 106 valence electrons. The summed E-state index contributed by atoms with van der Waals surface area (Å²) in [6.07, 6.45) is 1.14. The Kier molecular flexibility index (Phi) is 4.29. The lowest BCUT2D eigenvalue weighted by Crippen LogP contribution is -2.12. The molecule has 4 nitrogen and oxygen atoms in total. The van der Waals surface area contributed by atoms with Gasteiger partial charge in [-0.15, -0.1) is 0 Å². The molecule has 20 heavy (non-hydrogen) atoms. The van der Waals surface area contributed by atoms with E-state index in [4.69, 9.17) is 0 Å². The molecule has 0 aliphatic heterocycles. The van der Waals surface area contributed by atoms with Crippen molar-refractivity contribution in [2.45, 2.75) is 13.5 Å². The highest BCUT2D eigenvalue weighted by molar-refractivity contribution is 7.92. The predicted octanol–water partition coefficient (Wildman–Crippen LogP) is 2.98. The number of hydrogen-bond acceptors (Lipinski definition) is 3. The number of nitrogens with one attached hydrogen (secondary N) is 2. The van der Waals surface area contributed by atoms with Gasteiger partial charge in [0.2, 0.25) is 10.0 Å². The van der Waals surface area contributed by atoms with Gasteiger partial charge in [-0.2, -0.15) is 0 Å². The second-order valence-electron chi connectivity index (χ2n) is 4.70. The summed E-state index contributed by atoms with van der Waals surface area (Å²) in [6.45, 7) is 2.70. The van der Waals surface area contributed by atoms with E-state index in [1.807, 2.05) is 24.3 Å². The standard InChI is InChI=1S/C15H18N2O2S/c1-12-7-3-4-8-13(12)11-16-14-9-5-6-10-15(14)17-20(2,18)19/h3-10,16-17H,11H2,1-2H3. The van der Waals surface area contributed by atoms with Gasteiger partial charge >= 0.3 is 0 Å². The molecular weight excluding hydrogens is 272 g/mol. The molecule has 0 aromatic heterocycles. The van der Waals surface area contributed by atoms with Gasteiger partial charge < -0.3 is 5.32 Å². The van der Waals surface area contributed by atoms with Crippen LogP contribution in [0.5, 0.6) is 0 Å². The fourth-order valence-corrected chi connectivity index (χ4v) is 2.50. The molecule has 0 spiro atoms. The first-order chi connectivity index (χ1) is 9.46. The topological polar surface area (TPSA) is 58.2 Å². The molecule has 2 aromatic carbocycles. The Bertz CT molecular complexity index is 697. The normalized spacial score (nSPS) is 11.1. The molecule has 0 aliphatic carbocycles. The average molecular weight is 290 g/mol. The molecule has 0 saturated heterocycles. The van der Waals surface area contributed by atoms with Gasteiger partial charge in [-0.3, -0.25) is 4.72 Å². The Morgan fingerprint density at radius 1 is 0.950 bits per heavy atom. The highest BCUT2D eigenvalue weighted by Crippen LogP contribution is 2.23. The maximum atomic E-state index is 11.3. The van der Waals surface area contributed by atoms with Crippen LogP contribution in [0.3, 0.4) is 0 Å². The van der Waals surface area contributed by atoms with Crippen LogP contribution < -0.4 is 10.0 Å². The third kappa shape index (κ3) is 3.99. The monoisotopic (exact) mass is 290 g/mol. The zero-order valence-electron chi connectivity index (χ0n) is 11.6. The molecule has 2 rings (SSSR count). The van der Waals surface area contributed by atoms with Gasteiger partial charge in [-0.05, 0) is 30.2 Å². The summed E-state index contributed by atoms with van der Waals surface area (Å²) in [5, 5.41) is 3.27. The van der Waals surface area contributed by atoms with Crippen LogP contribution in [0, 0.1) is 6.92 Å². The van der Waals surface area contributed by atoms with Gasteiger partial charge in [0, 0.05) is 6.54 Å². The number of hydrogen-bond donors (Lipinski definition) is 2. The van der Waals surface area contributed by atoms with Crippen LogP contribution in [0.1, 0.15) is 11.1 Å². The maximum absolute atomic E-state index is 11.3. The van der Waals surface area contributed by atoms with Crippen molar-refractivity contribution >= 4 is 21.4 Å². The number of aryl methyl sites for hydroxylation is 1. The lowest BCUT2D eigenvalue weighted by atomic mass is 10.1. The van der Waals surface area contributed by atoms with E-state index in [9.17, 15) is 8.42 Å². The highest BCUT2D eigenvalue weighted by atomic mass is 32.2. The minimum absolute atomic E-state index is 0.559. The van der Waals surface area contributed by atoms with Crippen molar-refractivity contribution in [2.75, 3.05) is 16.3 Å². The van der Waals surface area contributed by atoms with Gasteiger partial charge in [-0.1, -0.05) is 36.4 Å². The summed E-state index contributed by atoms with van der Waals surface area (Å²) in [7, 11) is -3.28. The molecule has 0 atom stereocenters. The van der Waals surface area contributed by atoms with Crippen molar-refractivity contribution in [3.8, 4) is 0 Å². The number of anilines is 2. The van der Waals surface area contributed by atoms with Gasteiger partial charge in [0.05, 0.1) is 17.6 Å². The molecule has 0 amide bonds. The van der Waals surface area contributed by atoms with Gasteiger partial charge in [-0.25, -0.2) is 8.42 Å². The summed E-state index contributed by atoms with van der Waals surface area (Å²) >= 11 is 0.